The van der Waals surface area contributed by atoms with Crippen molar-refractivity contribution in [3.05, 3.63) is 83.2 Å². The van der Waals surface area contributed by atoms with Gasteiger partial charge < -0.3 is 29.6 Å². The maximum absolute atomic E-state index is 13.3. The van der Waals surface area contributed by atoms with Crippen LogP contribution < -0.4 is 10.6 Å². The summed E-state index contributed by atoms with van der Waals surface area (Å²) in [5, 5.41) is 5.56. The number of esters is 4. The number of cyclic esters (lactones) is 2. The van der Waals surface area contributed by atoms with E-state index >= 15 is 0 Å². The standard InChI is InChI=1S/C26H24N2O8/c1-15-19(17-11-7-5-8-12-17)21(29)35-25(27-15,23(31)33-3)26(24(32)34-4)28-16(2)20(22(30)36-26)18-13-9-6-10-14-18/h5-14,27-28H,1-4H3/t25-,26-/m0/s1. The summed E-state index contributed by atoms with van der Waals surface area (Å²) in [4.78, 5) is 53.2. The van der Waals surface area contributed by atoms with Crippen LogP contribution >= 0.6 is 0 Å². The fraction of sp³-hybridized carbons (Fsp3) is 0.231. The average molecular weight is 492 g/mol. The minimum atomic E-state index is -2.66. The van der Waals surface area contributed by atoms with Gasteiger partial charge in [-0.2, -0.15) is 0 Å². The third-order valence-electron chi connectivity index (χ3n) is 5.94. The molecular weight excluding hydrogens is 468 g/mol. The van der Waals surface area contributed by atoms with E-state index in [2.05, 4.69) is 10.6 Å². The number of methoxy groups -OCH3 is 2. The smallest absolute Gasteiger partial charge is 0.379 e. The molecule has 2 heterocycles. The number of benzene rings is 2. The third kappa shape index (κ3) is 3.67. The van der Waals surface area contributed by atoms with Gasteiger partial charge in [-0.1, -0.05) is 60.7 Å². The number of hydrogen-bond donors (Lipinski definition) is 2. The van der Waals surface area contributed by atoms with Crippen LogP contribution in [-0.4, -0.2) is 49.5 Å². The molecule has 186 valence electrons. The Morgan fingerprint density at radius 3 is 1.28 bits per heavy atom. The van der Waals surface area contributed by atoms with E-state index in [-0.39, 0.29) is 22.5 Å². The topological polar surface area (TPSA) is 129 Å². The molecular formula is C26H24N2O8. The SMILES string of the molecule is COC(=O)[C@]1([C@@]2(C(=O)OC)NC(C)=C(c3ccccc3)C(=O)O2)NC(C)=C(c2ccccc2)C(=O)O1. The van der Waals surface area contributed by atoms with Crippen molar-refractivity contribution in [3.8, 4) is 0 Å². The van der Waals surface area contributed by atoms with E-state index in [4.69, 9.17) is 18.9 Å². The van der Waals surface area contributed by atoms with Gasteiger partial charge in [0.05, 0.1) is 25.4 Å². The lowest BCUT2D eigenvalue weighted by atomic mass is 9.90. The molecule has 0 spiro atoms. The van der Waals surface area contributed by atoms with Crippen molar-refractivity contribution in [1.29, 1.82) is 0 Å². The van der Waals surface area contributed by atoms with Gasteiger partial charge in [0.1, 0.15) is 0 Å². The van der Waals surface area contributed by atoms with Crippen molar-refractivity contribution < 1.29 is 38.1 Å². The summed E-state index contributed by atoms with van der Waals surface area (Å²) in [6.45, 7) is 3.04. The molecule has 10 nitrogen and oxygen atoms in total. The van der Waals surface area contributed by atoms with Crippen molar-refractivity contribution in [2.24, 2.45) is 0 Å². The Bertz CT molecular complexity index is 1200. The Kier molecular flexibility index (Phi) is 6.28. The molecule has 0 saturated carbocycles. The van der Waals surface area contributed by atoms with Gasteiger partial charge in [0, 0.05) is 11.4 Å². The first-order valence-electron chi connectivity index (χ1n) is 10.9. The zero-order valence-corrected chi connectivity index (χ0v) is 20.0. The molecule has 2 N–H and O–H groups in total. The predicted octanol–water partition coefficient (Wildman–Crippen LogP) is 1.88. The number of hydrogen-bond acceptors (Lipinski definition) is 10. The molecule has 0 unspecified atom stereocenters. The van der Waals surface area contributed by atoms with Crippen molar-refractivity contribution in [2.45, 2.75) is 25.3 Å². The van der Waals surface area contributed by atoms with E-state index in [1.165, 1.54) is 13.8 Å². The number of carbonyl (C=O) groups is 4. The van der Waals surface area contributed by atoms with Crippen molar-refractivity contribution in [2.75, 3.05) is 14.2 Å². The molecule has 2 aromatic carbocycles. The molecule has 36 heavy (non-hydrogen) atoms. The van der Waals surface area contributed by atoms with Gasteiger partial charge in [-0.15, -0.1) is 0 Å². The van der Waals surface area contributed by atoms with Crippen LogP contribution in [0.25, 0.3) is 11.1 Å². The van der Waals surface area contributed by atoms with Crippen LogP contribution in [-0.2, 0) is 38.1 Å². The van der Waals surface area contributed by atoms with Crippen LogP contribution in [0.2, 0.25) is 0 Å². The molecule has 0 radical (unpaired) electrons. The summed E-state index contributed by atoms with van der Waals surface area (Å²) in [5.41, 5.74) is -3.70. The van der Waals surface area contributed by atoms with Crippen LogP contribution in [0.15, 0.2) is 72.1 Å². The largest absolute Gasteiger partial charge is 0.464 e. The van der Waals surface area contributed by atoms with Crippen LogP contribution in [0, 0.1) is 0 Å². The molecule has 2 aliphatic heterocycles. The Balaban J connectivity index is 1.92. The monoisotopic (exact) mass is 492 g/mol. The molecule has 0 aliphatic carbocycles. The average Bonchev–Trinajstić information content (AvgIpc) is 2.87. The molecule has 2 atom stereocenters. The fourth-order valence-corrected chi connectivity index (χ4v) is 4.35. The lowest BCUT2D eigenvalue weighted by Gasteiger charge is -2.48. The fourth-order valence-electron chi connectivity index (χ4n) is 4.35. The van der Waals surface area contributed by atoms with E-state index in [1.54, 1.807) is 60.7 Å². The third-order valence-corrected chi connectivity index (χ3v) is 5.94. The second-order valence-corrected chi connectivity index (χ2v) is 8.11. The highest BCUT2D eigenvalue weighted by Crippen LogP contribution is 2.40. The molecule has 0 amide bonds. The van der Waals surface area contributed by atoms with Crippen LogP contribution in [0.4, 0.5) is 0 Å². The summed E-state index contributed by atoms with van der Waals surface area (Å²) < 4.78 is 21.1. The summed E-state index contributed by atoms with van der Waals surface area (Å²) in [6, 6.07) is 17.2. The highest BCUT2D eigenvalue weighted by Gasteiger charge is 2.73. The first-order chi connectivity index (χ1) is 17.2. The normalized spacial score (nSPS) is 23.7. The van der Waals surface area contributed by atoms with Gasteiger partial charge in [0.2, 0.25) is 0 Å². The molecule has 2 aliphatic rings. The van der Waals surface area contributed by atoms with Crippen LogP contribution in [0.5, 0.6) is 0 Å². The lowest BCUT2D eigenvalue weighted by molar-refractivity contribution is -0.240. The Labute approximate surface area is 206 Å². The second-order valence-electron chi connectivity index (χ2n) is 8.11. The molecule has 0 aromatic heterocycles. The van der Waals surface area contributed by atoms with E-state index in [0.717, 1.165) is 14.2 Å². The molecule has 0 bridgehead atoms. The molecule has 0 saturated heterocycles. The zero-order valence-electron chi connectivity index (χ0n) is 20.0. The maximum atomic E-state index is 13.3. The van der Waals surface area contributed by atoms with Gasteiger partial charge in [0.15, 0.2) is 0 Å². The first-order valence-corrected chi connectivity index (χ1v) is 10.9. The molecule has 4 rings (SSSR count). The summed E-state index contributed by atoms with van der Waals surface area (Å²) in [5.74, 6) is -4.30. The summed E-state index contributed by atoms with van der Waals surface area (Å²) in [7, 11) is 2.08. The Morgan fingerprint density at radius 2 is 1.00 bits per heavy atom. The number of rotatable bonds is 5. The number of allylic oxidation sites excluding steroid dienone is 2. The van der Waals surface area contributed by atoms with Crippen LogP contribution in [0.1, 0.15) is 25.0 Å². The number of nitrogens with one attached hydrogen (secondary N) is 2. The van der Waals surface area contributed by atoms with E-state index < -0.39 is 35.3 Å². The number of carbonyl (C=O) groups excluding carboxylic acids is 4. The van der Waals surface area contributed by atoms with E-state index in [0.29, 0.717) is 11.1 Å². The lowest BCUT2D eigenvalue weighted by Crippen LogP contribution is -2.80. The number of ether oxygens (including phenoxy) is 4. The molecule has 0 fully saturated rings. The van der Waals surface area contributed by atoms with Crippen molar-refractivity contribution in [3.63, 3.8) is 0 Å². The first kappa shape index (κ1) is 24.5. The highest BCUT2D eigenvalue weighted by molar-refractivity contribution is 6.21. The van der Waals surface area contributed by atoms with Gasteiger partial charge >= 0.3 is 35.3 Å². The Hall–Kier alpha value is -4.60. The maximum Gasteiger partial charge on any atom is 0.379 e. The predicted molar refractivity (Wildman–Crippen MR) is 126 cm³/mol. The van der Waals surface area contributed by atoms with Crippen LogP contribution in [0.3, 0.4) is 0 Å². The van der Waals surface area contributed by atoms with Gasteiger partial charge in [-0.3, -0.25) is 0 Å². The Morgan fingerprint density at radius 1 is 0.667 bits per heavy atom. The summed E-state index contributed by atoms with van der Waals surface area (Å²) >= 11 is 0. The van der Waals surface area contributed by atoms with Crippen molar-refractivity contribution >= 4 is 35.0 Å². The quantitative estimate of drug-likeness (QED) is 0.471. The van der Waals surface area contributed by atoms with Gasteiger partial charge in [-0.25, -0.2) is 19.2 Å². The molecule has 2 aromatic rings. The summed E-state index contributed by atoms with van der Waals surface area (Å²) in [6.07, 6.45) is 0. The van der Waals surface area contributed by atoms with E-state index in [1.807, 2.05) is 0 Å². The minimum absolute atomic E-state index is 0.120. The highest BCUT2D eigenvalue weighted by atomic mass is 16.7. The zero-order chi connectivity index (χ0) is 26.1. The molecule has 10 heteroatoms. The van der Waals surface area contributed by atoms with Crippen molar-refractivity contribution in [1.82, 2.24) is 10.6 Å². The van der Waals surface area contributed by atoms with E-state index in [9.17, 15) is 19.2 Å². The minimum Gasteiger partial charge on any atom is -0.464 e. The van der Waals surface area contributed by atoms with Gasteiger partial charge in [-0.05, 0) is 25.0 Å². The van der Waals surface area contributed by atoms with Gasteiger partial charge in [0.25, 0.3) is 0 Å². The second kappa shape index (κ2) is 9.21.